The van der Waals surface area contributed by atoms with Gasteiger partial charge in [0, 0.05) is 11.8 Å². The molecule has 1 aromatic carbocycles. The molecular formula is C17H13N3O3S. The lowest BCUT2D eigenvalue weighted by Gasteiger charge is -2.09. The molecule has 0 aliphatic carbocycles. The van der Waals surface area contributed by atoms with Gasteiger partial charge in [0.05, 0.1) is 10.4 Å². The van der Waals surface area contributed by atoms with Crippen LogP contribution in [0.1, 0.15) is 36.1 Å². The number of carbonyl (C=O) groups is 3. The lowest BCUT2D eigenvalue weighted by Crippen LogP contribution is -2.42. The fourth-order valence-corrected chi connectivity index (χ4v) is 2.82. The first-order chi connectivity index (χ1) is 11.7. The molecule has 0 radical (unpaired) electrons. The molecule has 2 amide bonds. The molecule has 0 bridgehead atoms. The first-order valence-electron chi connectivity index (χ1n) is 7.08. The van der Waals surface area contributed by atoms with Crippen LogP contribution in [0, 0.1) is 0 Å². The average Bonchev–Trinajstić information content (AvgIpc) is 3.32. The maximum Gasteiger partial charge on any atom is 0.286 e. The number of nitrogens with one attached hydrogen (secondary N) is 3. The minimum atomic E-state index is -0.560. The predicted octanol–water partition coefficient (Wildman–Crippen LogP) is 2.38. The topological polar surface area (TPSA) is 91.1 Å². The van der Waals surface area contributed by atoms with Crippen molar-refractivity contribution in [3.05, 3.63) is 81.8 Å². The third kappa shape index (κ3) is 3.26. The van der Waals surface area contributed by atoms with Crippen LogP contribution >= 0.6 is 11.3 Å². The Morgan fingerprint density at radius 3 is 2.25 bits per heavy atom. The largest absolute Gasteiger partial charge is 0.357 e. The number of carbonyl (C=O) groups excluding carboxylic acids is 3. The molecule has 6 nitrogen and oxygen atoms in total. The monoisotopic (exact) mass is 339 g/mol. The van der Waals surface area contributed by atoms with Gasteiger partial charge in [-0.15, -0.1) is 11.3 Å². The maximum absolute atomic E-state index is 12.5. The average molecular weight is 339 g/mol. The van der Waals surface area contributed by atoms with Crippen molar-refractivity contribution in [2.24, 2.45) is 0 Å². The van der Waals surface area contributed by atoms with E-state index in [2.05, 4.69) is 15.8 Å². The van der Waals surface area contributed by atoms with E-state index in [1.807, 2.05) is 0 Å². The quantitative estimate of drug-likeness (QED) is 0.503. The summed E-state index contributed by atoms with van der Waals surface area (Å²) >= 11 is 1.31. The van der Waals surface area contributed by atoms with Crippen LogP contribution < -0.4 is 10.9 Å². The summed E-state index contributed by atoms with van der Waals surface area (Å²) in [5.41, 5.74) is 5.42. The van der Waals surface area contributed by atoms with Gasteiger partial charge < -0.3 is 4.98 Å². The minimum Gasteiger partial charge on any atom is -0.357 e. The van der Waals surface area contributed by atoms with E-state index in [-0.39, 0.29) is 16.9 Å². The van der Waals surface area contributed by atoms with Gasteiger partial charge in [-0.1, -0.05) is 24.3 Å². The van der Waals surface area contributed by atoms with Crippen molar-refractivity contribution in [2.75, 3.05) is 0 Å². The number of ketones is 1. The number of hydrogen-bond acceptors (Lipinski definition) is 4. The molecule has 3 rings (SSSR count). The highest BCUT2D eigenvalue weighted by Gasteiger charge is 2.19. The molecule has 0 saturated carbocycles. The number of amides is 2. The molecular weight excluding hydrogens is 326 g/mol. The molecule has 7 heteroatoms. The summed E-state index contributed by atoms with van der Waals surface area (Å²) in [5, 5.41) is 1.80. The molecule has 0 saturated heterocycles. The van der Waals surface area contributed by atoms with Gasteiger partial charge in [-0.2, -0.15) is 0 Å². The number of thiophene rings is 1. The van der Waals surface area contributed by atoms with Crippen molar-refractivity contribution in [2.45, 2.75) is 0 Å². The normalized spacial score (nSPS) is 10.2. The van der Waals surface area contributed by atoms with Crippen LogP contribution in [0.2, 0.25) is 0 Å². The Morgan fingerprint density at radius 1 is 0.833 bits per heavy atom. The summed E-state index contributed by atoms with van der Waals surface area (Å²) in [6.07, 6.45) is 1.60. The van der Waals surface area contributed by atoms with Gasteiger partial charge in [0.2, 0.25) is 5.78 Å². The van der Waals surface area contributed by atoms with Crippen molar-refractivity contribution in [3.8, 4) is 0 Å². The molecule has 0 aliphatic heterocycles. The van der Waals surface area contributed by atoms with Crippen molar-refractivity contribution in [1.82, 2.24) is 15.8 Å². The fourth-order valence-electron chi connectivity index (χ4n) is 2.14. The first-order valence-corrected chi connectivity index (χ1v) is 7.96. The van der Waals surface area contributed by atoms with Crippen LogP contribution in [-0.2, 0) is 0 Å². The second-order valence-electron chi connectivity index (χ2n) is 4.84. The standard InChI is InChI=1S/C17H13N3O3S/c21-15(14-8-4-10-24-14)11-5-1-2-6-12(11)16(22)19-20-17(23)13-7-3-9-18-13/h1-10,18H,(H,19,22)(H,20,23). The minimum absolute atomic E-state index is 0.197. The number of rotatable bonds is 4. The van der Waals surface area contributed by atoms with E-state index >= 15 is 0 Å². The van der Waals surface area contributed by atoms with Crippen molar-refractivity contribution in [3.63, 3.8) is 0 Å². The first kappa shape index (κ1) is 15.7. The fraction of sp³-hybridized carbons (Fsp3) is 0. The smallest absolute Gasteiger partial charge is 0.286 e. The third-order valence-electron chi connectivity index (χ3n) is 3.29. The Kier molecular flexibility index (Phi) is 4.53. The Hall–Kier alpha value is -3.19. The Morgan fingerprint density at radius 2 is 1.58 bits per heavy atom. The molecule has 0 aliphatic rings. The van der Waals surface area contributed by atoms with Gasteiger partial charge in [-0.05, 0) is 29.6 Å². The zero-order chi connectivity index (χ0) is 16.9. The Bertz CT molecular complexity index is 870. The van der Waals surface area contributed by atoms with Gasteiger partial charge in [0.1, 0.15) is 5.69 Å². The number of aromatic amines is 1. The lowest BCUT2D eigenvalue weighted by atomic mass is 10.0. The zero-order valence-electron chi connectivity index (χ0n) is 12.4. The molecule has 120 valence electrons. The molecule has 0 atom stereocenters. The molecule has 3 N–H and O–H groups in total. The van der Waals surface area contributed by atoms with Gasteiger partial charge in [0.15, 0.2) is 0 Å². The van der Waals surface area contributed by atoms with E-state index in [4.69, 9.17) is 0 Å². The summed E-state index contributed by atoms with van der Waals surface area (Å²) in [6, 6.07) is 13.2. The van der Waals surface area contributed by atoms with Crippen LogP contribution in [0.25, 0.3) is 0 Å². The van der Waals surface area contributed by atoms with Gasteiger partial charge in [0.25, 0.3) is 11.8 Å². The summed E-state index contributed by atoms with van der Waals surface area (Å²) in [6.45, 7) is 0. The maximum atomic E-state index is 12.5. The molecule has 0 spiro atoms. The Labute approximate surface area is 141 Å². The van der Waals surface area contributed by atoms with E-state index < -0.39 is 11.8 Å². The highest BCUT2D eigenvalue weighted by Crippen LogP contribution is 2.18. The van der Waals surface area contributed by atoms with Crippen LogP contribution in [-0.4, -0.2) is 22.6 Å². The molecule has 2 heterocycles. The van der Waals surface area contributed by atoms with Gasteiger partial charge >= 0.3 is 0 Å². The number of H-pyrrole nitrogens is 1. The van der Waals surface area contributed by atoms with E-state index in [9.17, 15) is 14.4 Å². The number of aromatic nitrogens is 1. The molecule has 2 aromatic heterocycles. The zero-order valence-corrected chi connectivity index (χ0v) is 13.2. The van der Waals surface area contributed by atoms with Crippen molar-refractivity contribution < 1.29 is 14.4 Å². The summed E-state index contributed by atoms with van der Waals surface area (Å²) < 4.78 is 0. The number of hydrazine groups is 1. The van der Waals surface area contributed by atoms with Crippen molar-refractivity contribution in [1.29, 1.82) is 0 Å². The van der Waals surface area contributed by atoms with Gasteiger partial charge in [-0.3, -0.25) is 25.2 Å². The van der Waals surface area contributed by atoms with E-state index in [0.29, 0.717) is 10.6 Å². The van der Waals surface area contributed by atoms with Gasteiger partial charge in [-0.25, -0.2) is 0 Å². The van der Waals surface area contributed by atoms with Crippen LogP contribution in [0.15, 0.2) is 60.1 Å². The second kappa shape index (κ2) is 6.93. The van der Waals surface area contributed by atoms with E-state index in [1.54, 1.807) is 54.0 Å². The number of hydrogen-bond donors (Lipinski definition) is 3. The summed E-state index contributed by atoms with van der Waals surface area (Å²) in [5.74, 6) is -1.27. The molecule has 0 fully saturated rings. The Balaban J connectivity index is 1.76. The van der Waals surface area contributed by atoms with Crippen molar-refractivity contribution >= 4 is 28.9 Å². The highest BCUT2D eigenvalue weighted by molar-refractivity contribution is 7.12. The van der Waals surface area contributed by atoms with Crippen LogP contribution in [0.4, 0.5) is 0 Å². The lowest BCUT2D eigenvalue weighted by molar-refractivity contribution is 0.0842. The second-order valence-corrected chi connectivity index (χ2v) is 5.79. The van der Waals surface area contributed by atoms with Crippen LogP contribution in [0.3, 0.4) is 0 Å². The highest BCUT2D eigenvalue weighted by atomic mass is 32.1. The molecule has 24 heavy (non-hydrogen) atoms. The molecule has 3 aromatic rings. The summed E-state index contributed by atoms with van der Waals surface area (Å²) in [4.78, 5) is 39.9. The summed E-state index contributed by atoms with van der Waals surface area (Å²) in [7, 11) is 0. The van der Waals surface area contributed by atoms with E-state index in [1.165, 1.54) is 17.4 Å². The SMILES string of the molecule is O=C(NNC(=O)c1ccccc1C(=O)c1cccs1)c1ccc[nH]1. The van der Waals surface area contributed by atoms with E-state index in [0.717, 1.165) is 0 Å². The third-order valence-corrected chi connectivity index (χ3v) is 4.16. The number of benzene rings is 1. The van der Waals surface area contributed by atoms with Crippen LogP contribution in [0.5, 0.6) is 0 Å². The molecule has 0 unspecified atom stereocenters. The predicted molar refractivity (Wildman–Crippen MR) is 89.9 cm³/mol.